The van der Waals surface area contributed by atoms with Gasteiger partial charge in [0.2, 0.25) is 0 Å². The van der Waals surface area contributed by atoms with Gasteiger partial charge in [0.25, 0.3) is 0 Å². The zero-order chi connectivity index (χ0) is 31.9. The zero-order valence-corrected chi connectivity index (χ0v) is 26.0. The zero-order valence-electron chi connectivity index (χ0n) is 26.0. The first-order valence-electron chi connectivity index (χ1n) is 16.1. The van der Waals surface area contributed by atoms with E-state index in [2.05, 4.69) is 140 Å². The normalized spacial score (nSPS) is 11.3. The Labute approximate surface area is 278 Å². The van der Waals surface area contributed by atoms with Gasteiger partial charge in [0.1, 0.15) is 0 Å². The molecule has 0 unspecified atom stereocenters. The average molecular weight is 613 g/mol. The Bertz CT molecular complexity index is 2600. The number of hydrogen-bond acceptors (Lipinski definition) is 4. The molecule has 0 bridgehead atoms. The van der Waals surface area contributed by atoms with Crippen molar-refractivity contribution >= 4 is 32.4 Å². The maximum atomic E-state index is 5.26. The summed E-state index contributed by atoms with van der Waals surface area (Å²) in [4.78, 5) is 20.4. The molecule has 0 aliphatic carbocycles. The van der Waals surface area contributed by atoms with E-state index < -0.39 is 0 Å². The summed E-state index contributed by atoms with van der Waals surface area (Å²) in [7, 11) is 0. The lowest BCUT2D eigenvalue weighted by atomic mass is 9.94. The van der Waals surface area contributed by atoms with E-state index in [4.69, 9.17) is 19.9 Å². The lowest BCUT2D eigenvalue weighted by Crippen LogP contribution is -2.02. The van der Waals surface area contributed by atoms with Crippen LogP contribution in [-0.2, 0) is 0 Å². The van der Waals surface area contributed by atoms with Crippen molar-refractivity contribution in [3.63, 3.8) is 0 Å². The Hall–Kier alpha value is -6.52. The second-order valence-electron chi connectivity index (χ2n) is 11.9. The van der Waals surface area contributed by atoms with Crippen molar-refractivity contribution in [2.45, 2.75) is 0 Å². The fourth-order valence-corrected chi connectivity index (χ4v) is 6.67. The van der Waals surface area contributed by atoms with Crippen molar-refractivity contribution in [1.29, 1.82) is 0 Å². The second kappa shape index (κ2) is 11.7. The second-order valence-corrected chi connectivity index (χ2v) is 11.9. The molecule has 2 heterocycles. The van der Waals surface area contributed by atoms with Crippen LogP contribution in [0.3, 0.4) is 0 Å². The third-order valence-electron chi connectivity index (χ3n) is 8.99. The summed E-state index contributed by atoms with van der Waals surface area (Å²) in [5.41, 5.74) is 8.17. The molecule has 0 radical (unpaired) electrons. The summed E-state index contributed by atoms with van der Waals surface area (Å²) in [6, 6.07) is 56.8. The summed E-state index contributed by atoms with van der Waals surface area (Å²) < 4.78 is 0. The minimum atomic E-state index is 0.610. The van der Waals surface area contributed by atoms with E-state index in [-0.39, 0.29) is 0 Å². The summed E-state index contributed by atoms with van der Waals surface area (Å²) in [5.74, 6) is 1.85. The van der Waals surface area contributed by atoms with Crippen molar-refractivity contribution in [2.75, 3.05) is 0 Å². The largest absolute Gasteiger partial charge is 0.256 e. The van der Waals surface area contributed by atoms with Gasteiger partial charge in [-0.3, -0.25) is 4.98 Å². The van der Waals surface area contributed by atoms with E-state index in [0.717, 1.165) is 65.8 Å². The summed E-state index contributed by atoms with van der Waals surface area (Å²) in [6.45, 7) is 0. The molecule has 0 aliphatic heterocycles. The molecule has 2 aromatic heterocycles. The SMILES string of the molecule is c1ccc(-c2ccc(-c3nc(-c4ccccc4-c4ccccc4)nc(-c4cc5ncccc5c5ccc6ccccc6c45)n3)cc2)cc1. The van der Waals surface area contributed by atoms with Crippen LogP contribution in [-0.4, -0.2) is 19.9 Å². The highest BCUT2D eigenvalue weighted by atomic mass is 15.0. The Morgan fingerprint density at radius 1 is 0.333 bits per heavy atom. The topological polar surface area (TPSA) is 51.6 Å². The highest BCUT2D eigenvalue weighted by Gasteiger charge is 2.19. The summed E-state index contributed by atoms with van der Waals surface area (Å²) in [5, 5.41) is 5.63. The van der Waals surface area contributed by atoms with Crippen LogP contribution >= 0.6 is 0 Å². The van der Waals surface area contributed by atoms with Crippen molar-refractivity contribution in [3.05, 3.63) is 170 Å². The number of benzene rings is 7. The van der Waals surface area contributed by atoms with Gasteiger partial charge in [0.15, 0.2) is 17.5 Å². The van der Waals surface area contributed by atoms with E-state index in [0.29, 0.717) is 17.5 Å². The van der Waals surface area contributed by atoms with Gasteiger partial charge >= 0.3 is 0 Å². The molecule has 0 atom stereocenters. The van der Waals surface area contributed by atoms with Gasteiger partial charge in [0.05, 0.1) is 5.52 Å². The van der Waals surface area contributed by atoms with Gasteiger partial charge in [-0.05, 0) is 50.5 Å². The number of pyridine rings is 1. The highest BCUT2D eigenvalue weighted by Crippen LogP contribution is 2.39. The van der Waals surface area contributed by atoms with Crippen LogP contribution in [0.1, 0.15) is 0 Å². The van der Waals surface area contributed by atoms with Gasteiger partial charge in [-0.15, -0.1) is 0 Å². The monoisotopic (exact) mass is 612 g/mol. The maximum Gasteiger partial charge on any atom is 0.164 e. The first-order chi connectivity index (χ1) is 23.8. The van der Waals surface area contributed by atoms with Crippen LogP contribution in [0.2, 0.25) is 0 Å². The predicted octanol–water partition coefficient (Wildman–Crippen LogP) is 11.1. The van der Waals surface area contributed by atoms with Gasteiger partial charge in [-0.2, -0.15) is 0 Å². The smallest absolute Gasteiger partial charge is 0.164 e. The average Bonchev–Trinajstić information content (AvgIpc) is 3.18. The standard InChI is InChI=1S/C44H28N4/c1-3-12-29(13-4-1)30-21-23-33(24-22-30)42-46-43(38-19-10-9-17-34(38)31-14-5-2-6-15-31)48-44(47-42)39-28-40-36(20-11-27-45-40)37-26-25-32-16-7-8-18-35(32)41(37)39/h1-28H. The number of nitrogens with zero attached hydrogens (tertiary/aromatic N) is 4. The van der Waals surface area contributed by atoms with E-state index in [9.17, 15) is 0 Å². The van der Waals surface area contributed by atoms with Crippen molar-refractivity contribution in [1.82, 2.24) is 19.9 Å². The minimum absolute atomic E-state index is 0.610. The van der Waals surface area contributed by atoms with Crippen LogP contribution in [0, 0.1) is 0 Å². The molecule has 0 fully saturated rings. The molecule has 7 aromatic carbocycles. The molecular weight excluding hydrogens is 585 g/mol. The van der Waals surface area contributed by atoms with Gasteiger partial charge in [0, 0.05) is 33.7 Å². The van der Waals surface area contributed by atoms with Gasteiger partial charge in [-0.25, -0.2) is 15.0 Å². The number of aromatic nitrogens is 4. The predicted molar refractivity (Wildman–Crippen MR) is 197 cm³/mol. The van der Waals surface area contributed by atoms with E-state index in [1.54, 1.807) is 0 Å². The van der Waals surface area contributed by atoms with Crippen LogP contribution < -0.4 is 0 Å². The molecule has 4 heteroatoms. The molecule has 48 heavy (non-hydrogen) atoms. The first-order valence-corrected chi connectivity index (χ1v) is 16.1. The van der Waals surface area contributed by atoms with Crippen LogP contribution in [0.15, 0.2) is 170 Å². The van der Waals surface area contributed by atoms with Crippen LogP contribution in [0.25, 0.3) is 88.9 Å². The number of fused-ring (bicyclic) bond motifs is 5. The maximum absolute atomic E-state index is 5.26. The molecule has 0 N–H and O–H groups in total. The molecule has 0 amide bonds. The molecule has 4 nitrogen and oxygen atoms in total. The van der Waals surface area contributed by atoms with Crippen LogP contribution in [0.4, 0.5) is 0 Å². The molecule has 9 aromatic rings. The molecule has 0 aliphatic rings. The minimum Gasteiger partial charge on any atom is -0.256 e. The molecular formula is C44H28N4. The fourth-order valence-electron chi connectivity index (χ4n) is 6.67. The summed E-state index contributed by atoms with van der Waals surface area (Å²) in [6.07, 6.45) is 1.84. The van der Waals surface area contributed by atoms with Crippen molar-refractivity contribution in [2.24, 2.45) is 0 Å². The fraction of sp³-hybridized carbons (Fsp3) is 0. The third kappa shape index (κ3) is 4.88. The third-order valence-corrected chi connectivity index (χ3v) is 8.99. The molecule has 0 spiro atoms. The molecule has 9 rings (SSSR count). The van der Waals surface area contributed by atoms with Crippen molar-refractivity contribution < 1.29 is 0 Å². The molecule has 0 saturated heterocycles. The Balaban J connectivity index is 1.33. The Morgan fingerprint density at radius 2 is 0.917 bits per heavy atom. The lowest BCUT2D eigenvalue weighted by molar-refractivity contribution is 1.08. The van der Waals surface area contributed by atoms with E-state index in [1.165, 1.54) is 5.56 Å². The summed E-state index contributed by atoms with van der Waals surface area (Å²) >= 11 is 0. The number of hydrogen-bond donors (Lipinski definition) is 0. The number of rotatable bonds is 5. The first kappa shape index (κ1) is 27.8. The quantitative estimate of drug-likeness (QED) is 0.181. The van der Waals surface area contributed by atoms with Gasteiger partial charge in [-0.1, -0.05) is 152 Å². The lowest BCUT2D eigenvalue weighted by Gasteiger charge is -2.15. The Kier molecular flexibility index (Phi) is 6.76. The van der Waals surface area contributed by atoms with E-state index in [1.807, 2.05) is 30.5 Å². The molecule has 0 saturated carbocycles. The Morgan fingerprint density at radius 3 is 1.71 bits per heavy atom. The molecule has 224 valence electrons. The van der Waals surface area contributed by atoms with E-state index >= 15 is 0 Å². The van der Waals surface area contributed by atoms with Crippen molar-refractivity contribution in [3.8, 4) is 56.4 Å². The highest BCUT2D eigenvalue weighted by molar-refractivity contribution is 6.22. The van der Waals surface area contributed by atoms with Crippen LogP contribution in [0.5, 0.6) is 0 Å². The van der Waals surface area contributed by atoms with Gasteiger partial charge < -0.3 is 0 Å².